The molecule has 5 heteroatoms. The summed E-state index contributed by atoms with van der Waals surface area (Å²) in [5.74, 6) is 0. The Kier molecular flexibility index (Phi) is 3.74. The molecule has 0 atom stereocenters. The van der Waals surface area contributed by atoms with Crippen LogP contribution in [0.15, 0.2) is 39.1 Å². The molecule has 0 spiro atoms. The number of sulfone groups is 1. The molecule has 0 radical (unpaired) electrons. The van der Waals surface area contributed by atoms with Gasteiger partial charge < -0.3 is 0 Å². The van der Waals surface area contributed by atoms with E-state index in [0.29, 0.717) is 0 Å². The van der Waals surface area contributed by atoms with Crippen molar-refractivity contribution in [3.8, 4) is 6.07 Å². The molecule has 0 saturated carbocycles. The smallest absolute Gasteiger partial charge is 0.218 e. The van der Waals surface area contributed by atoms with E-state index in [0.717, 1.165) is 5.56 Å². The van der Waals surface area contributed by atoms with Crippen LogP contribution in [-0.4, -0.2) is 8.42 Å². The molecular formula is C11H10ClNO2S. The maximum absolute atomic E-state index is 11.9. The van der Waals surface area contributed by atoms with E-state index in [-0.39, 0.29) is 10.5 Å². The summed E-state index contributed by atoms with van der Waals surface area (Å²) < 4.78 is 23.4. The van der Waals surface area contributed by atoms with E-state index in [1.54, 1.807) is 18.2 Å². The molecule has 0 aliphatic rings. The topological polar surface area (TPSA) is 57.9 Å². The van der Waals surface area contributed by atoms with Crippen LogP contribution >= 0.6 is 11.6 Å². The molecule has 16 heavy (non-hydrogen) atoms. The molecule has 0 N–H and O–H groups in total. The molecule has 0 fully saturated rings. The van der Waals surface area contributed by atoms with Crippen LogP contribution in [0.25, 0.3) is 0 Å². The maximum atomic E-state index is 11.9. The minimum absolute atomic E-state index is 0.0118. The Balaban J connectivity index is 3.35. The summed E-state index contributed by atoms with van der Waals surface area (Å²) in [4.78, 5) is 0.0951. The van der Waals surface area contributed by atoms with Gasteiger partial charge in [0.25, 0.3) is 0 Å². The van der Waals surface area contributed by atoms with Gasteiger partial charge in [-0.1, -0.05) is 29.3 Å². The SMILES string of the molecule is C/C(C#N)=C(/Cl)S(=O)(=O)c1ccc(C)cc1. The van der Waals surface area contributed by atoms with Gasteiger partial charge in [-0.05, 0) is 26.0 Å². The highest BCUT2D eigenvalue weighted by Crippen LogP contribution is 2.25. The summed E-state index contributed by atoms with van der Waals surface area (Å²) in [6.45, 7) is 3.22. The third-order valence-corrected chi connectivity index (χ3v) is 4.59. The van der Waals surface area contributed by atoms with Crippen molar-refractivity contribution in [1.82, 2.24) is 0 Å². The molecule has 0 aromatic heterocycles. The van der Waals surface area contributed by atoms with Gasteiger partial charge in [0.15, 0.2) is 4.36 Å². The zero-order chi connectivity index (χ0) is 12.3. The van der Waals surface area contributed by atoms with Gasteiger partial charge in [-0.25, -0.2) is 8.42 Å². The average Bonchev–Trinajstić information content (AvgIpc) is 2.27. The molecule has 84 valence electrons. The maximum Gasteiger partial charge on any atom is 0.218 e. The Labute approximate surface area is 99.9 Å². The number of rotatable bonds is 2. The van der Waals surface area contributed by atoms with Gasteiger partial charge in [0.1, 0.15) is 0 Å². The van der Waals surface area contributed by atoms with Gasteiger partial charge >= 0.3 is 0 Å². The summed E-state index contributed by atoms with van der Waals surface area (Å²) in [6, 6.07) is 8.02. The second-order valence-electron chi connectivity index (χ2n) is 3.33. The highest BCUT2D eigenvalue weighted by Gasteiger charge is 2.21. The fraction of sp³-hybridized carbons (Fsp3) is 0.182. The number of nitrogens with zero attached hydrogens (tertiary/aromatic N) is 1. The van der Waals surface area contributed by atoms with E-state index in [1.807, 2.05) is 6.92 Å². The standard InChI is InChI=1S/C11H10ClNO2S/c1-8-3-5-10(6-4-8)16(14,15)11(12)9(2)7-13/h3-6H,1-2H3/b11-9+. The van der Waals surface area contributed by atoms with Crippen molar-refractivity contribution < 1.29 is 8.42 Å². The lowest BCUT2D eigenvalue weighted by Gasteiger charge is -2.03. The highest BCUT2D eigenvalue weighted by molar-refractivity contribution is 7.97. The molecule has 3 nitrogen and oxygen atoms in total. The van der Waals surface area contributed by atoms with Gasteiger partial charge in [-0.2, -0.15) is 5.26 Å². The first kappa shape index (κ1) is 12.8. The predicted octanol–water partition coefficient (Wildman–Crippen LogP) is 2.76. The Morgan fingerprint density at radius 2 is 1.81 bits per heavy atom. The van der Waals surface area contributed by atoms with Gasteiger partial charge in [0.05, 0.1) is 16.5 Å². The van der Waals surface area contributed by atoms with Crippen molar-refractivity contribution in [2.75, 3.05) is 0 Å². The second kappa shape index (κ2) is 4.69. The van der Waals surface area contributed by atoms with Crippen molar-refractivity contribution in [1.29, 1.82) is 5.26 Å². The Morgan fingerprint density at radius 1 is 1.31 bits per heavy atom. The van der Waals surface area contributed by atoms with E-state index in [2.05, 4.69) is 0 Å². The van der Waals surface area contributed by atoms with Crippen molar-refractivity contribution in [3.05, 3.63) is 39.8 Å². The van der Waals surface area contributed by atoms with Crippen molar-refractivity contribution in [2.45, 2.75) is 18.7 Å². The first-order chi connectivity index (χ1) is 7.39. The summed E-state index contributed by atoms with van der Waals surface area (Å²) in [5, 5.41) is 8.60. The summed E-state index contributed by atoms with van der Waals surface area (Å²) in [5.41, 5.74) is 0.943. The van der Waals surface area contributed by atoms with E-state index < -0.39 is 14.2 Å². The molecule has 0 bridgehead atoms. The molecule has 1 aromatic carbocycles. The Bertz CT molecular complexity index is 565. The monoisotopic (exact) mass is 255 g/mol. The van der Waals surface area contributed by atoms with Crippen molar-refractivity contribution >= 4 is 21.4 Å². The Morgan fingerprint density at radius 3 is 2.25 bits per heavy atom. The molecule has 1 aromatic rings. The molecule has 1 rings (SSSR count). The lowest BCUT2D eigenvalue weighted by Crippen LogP contribution is -2.02. The van der Waals surface area contributed by atoms with Gasteiger partial charge in [0.2, 0.25) is 9.84 Å². The lowest BCUT2D eigenvalue weighted by atomic mass is 10.2. The van der Waals surface area contributed by atoms with Crippen LogP contribution in [0.1, 0.15) is 12.5 Å². The number of hydrogen-bond donors (Lipinski definition) is 0. The zero-order valence-electron chi connectivity index (χ0n) is 8.86. The minimum atomic E-state index is -3.74. The van der Waals surface area contributed by atoms with E-state index >= 15 is 0 Å². The largest absolute Gasteiger partial charge is 0.218 e. The molecule has 0 heterocycles. The van der Waals surface area contributed by atoms with E-state index in [4.69, 9.17) is 16.9 Å². The third kappa shape index (κ3) is 2.43. The van der Waals surface area contributed by atoms with Crippen molar-refractivity contribution in [3.63, 3.8) is 0 Å². The molecule has 0 amide bonds. The minimum Gasteiger partial charge on any atom is -0.218 e. The highest BCUT2D eigenvalue weighted by atomic mass is 35.5. The summed E-state index contributed by atoms with van der Waals surface area (Å²) in [6.07, 6.45) is 0. The van der Waals surface area contributed by atoms with Crippen molar-refractivity contribution in [2.24, 2.45) is 0 Å². The number of aryl methyl sites for hydroxylation is 1. The average molecular weight is 256 g/mol. The normalized spacial score (nSPS) is 12.9. The number of benzene rings is 1. The quantitative estimate of drug-likeness (QED) is 0.764. The number of hydrogen-bond acceptors (Lipinski definition) is 3. The predicted molar refractivity (Wildman–Crippen MR) is 62.5 cm³/mol. The van der Waals surface area contributed by atoms with Crippen LogP contribution in [0.4, 0.5) is 0 Å². The summed E-state index contributed by atoms with van der Waals surface area (Å²) >= 11 is 5.67. The number of halogens is 1. The fourth-order valence-corrected chi connectivity index (χ4v) is 2.53. The number of nitriles is 1. The zero-order valence-corrected chi connectivity index (χ0v) is 10.4. The molecule has 0 aliphatic carbocycles. The van der Waals surface area contributed by atoms with Crippen LogP contribution in [0.3, 0.4) is 0 Å². The van der Waals surface area contributed by atoms with Crippen LogP contribution < -0.4 is 0 Å². The lowest BCUT2D eigenvalue weighted by molar-refractivity contribution is 0.603. The fourth-order valence-electron chi connectivity index (χ4n) is 1.07. The molecule has 0 unspecified atom stereocenters. The van der Waals surface area contributed by atoms with Crippen LogP contribution in [0.5, 0.6) is 0 Å². The molecule has 0 aliphatic heterocycles. The van der Waals surface area contributed by atoms with E-state index in [9.17, 15) is 8.42 Å². The van der Waals surface area contributed by atoms with Crippen LogP contribution in [0, 0.1) is 18.3 Å². The third-order valence-electron chi connectivity index (χ3n) is 2.03. The van der Waals surface area contributed by atoms with Gasteiger partial charge in [0, 0.05) is 0 Å². The number of allylic oxidation sites excluding steroid dienone is 1. The van der Waals surface area contributed by atoms with Gasteiger partial charge in [-0.15, -0.1) is 0 Å². The first-order valence-corrected chi connectivity index (χ1v) is 6.34. The Hall–Kier alpha value is -1.31. The molecular weight excluding hydrogens is 246 g/mol. The van der Waals surface area contributed by atoms with E-state index in [1.165, 1.54) is 19.1 Å². The van der Waals surface area contributed by atoms with Gasteiger partial charge in [-0.3, -0.25) is 0 Å². The first-order valence-electron chi connectivity index (χ1n) is 4.48. The van der Waals surface area contributed by atoms with Crippen LogP contribution in [0.2, 0.25) is 0 Å². The molecule has 0 saturated heterocycles. The second-order valence-corrected chi connectivity index (χ2v) is 5.82. The summed E-state index contributed by atoms with van der Waals surface area (Å²) in [7, 11) is -3.74. The van der Waals surface area contributed by atoms with Crippen LogP contribution in [-0.2, 0) is 9.84 Å².